The van der Waals surface area contributed by atoms with Crippen molar-refractivity contribution >= 4 is 55.6 Å². The molecule has 2 aromatic carbocycles. The molecular formula is C29H29N7OS. The second-order valence-electron chi connectivity index (χ2n) is 10.3. The maximum Gasteiger partial charge on any atom is 0.226 e. The van der Waals surface area contributed by atoms with Gasteiger partial charge in [-0.3, -0.25) is 9.89 Å². The monoisotopic (exact) mass is 523 g/mol. The molecule has 4 heterocycles. The number of rotatable bonds is 4. The Hall–Kier alpha value is -3.98. The molecule has 1 atom stereocenters. The Bertz CT molecular complexity index is 1650. The van der Waals surface area contributed by atoms with Crippen LogP contribution >= 0.6 is 11.3 Å². The summed E-state index contributed by atoms with van der Waals surface area (Å²) in [5.74, 6) is 1.16. The number of piperazine rings is 1. The van der Waals surface area contributed by atoms with Gasteiger partial charge in [-0.1, -0.05) is 12.1 Å². The summed E-state index contributed by atoms with van der Waals surface area (Å²) in [6, 6.07) is 14.7. The molecule has 2 aliphatic rings. The number of benzene rings is 2. The lowest BCUT2D eigenvalue weighted by atomic mass is 9.86. The molecule has 1 aliphatic carbocycles. The zero-order valence-electron chi connectivity index (χ0n) is 21.3. The molecule has 1 saturated heterocycles. The minimum absolute atomic E-state index is 0.0361. The van der Waals surface area contributed by atoms with Gasteiger partial charge >= 0.3 is 0 Å². The van der Waals surface area contributed by atoms with Gasteiger partial charge in [-0.15, -0.1) is 11.3 Å². The van der Waals surface area contributed by atoms with Crippen molar-refractivity contribution in [3.05, 3.63) is 71.0 Å². The van der Waals surface area contributed by atoms with Crippen LogP contribution in [0.1, 0.15) is 22.4 Å². The number of H-pyrrole nitrogens is 1. The van der Waals surface area contributed by atoms with E-state index in [9.17, 15) is 4.79 Å². The lowest BCUT2D eigenvalue weighted by Crippen LogP contribution is -2.51. The van der Waals surface area contributed by atoms with Gasteiger partial charge in [-0.2, -0.15) is 5.10 Å². The van der Waals surface area contributed by atoms with Gasteiger partial charge in [0.25, 0.3) is 0 Å². The first-order valence-electron chi connectivity index (χ1n) is 13.2. The average Bonchev–Trinajstić information content (AvgIpc) is 3.57. The van der Waals surface area contributed by atoms with Crippen molar-refractivity contribution in [1.82, 2.24) is 25.1 Å². The Kier molecular flexibility index (Phi) is 5.73. The van der Waals surface area contributed by atoms with Gasteiger partial charge < -0.3 is 15.1 Å². The van der Waals surface area contributed by atoms with Crippen LogP contribution in [0.5, 0.6) is 0 Å². The van der Waals surface area contributed by atoms with Crippen LogP contribution in [0.15, 0.2) is 55.0 Å². The number of hydrogen-bond donors (Lipinski definition) is 2. The van der Waals surface area contributed by atoms with E-state index in [0.29, 0.717) is 5.91 Å². The number of carbonyl (C=O) groups is 1. The topological polar surface area (TPSA) is 90.0 Å². The van der Waals surface area contributed by atoms with E-state index >= 15 is 0 Å². The summed E-state index contributed by atoms with van der Waals surface area (Å²) in [7, 11) is 0. The highest BCUT2D eigenvalue weighted by Crippen LogP contribution is 2.41. The highest BCUT2D eigenvalue weighted by Gasteiger charge is 2.33. The number of nitrogens with zero attached hydrogens (tertiary/aromatic N) is 5. The molecule has 192 valence electrons. The van der Waals surface area contributed by atoms with Crippen molar-refractivity contribution in [3.63, 3.8) is 0 Å². The predicted molar refractivity (Wildman–Crippen MR) is 152 cm³/mol. The van der Waals surface area contributed by atoms with Gasteiger partial charge in [0, 0.05) is 53.7 Å². The zero-order chi connectivity index (χ0) is 25.6. The van der Waals surface area contributed by atoms with Crippen LogP contribution in [0.3, 0.4) is 0 Å². The molecule has 1 unspecified atom stereocenters. The van der Waals surface area contributed by atoms with Gasteiger partial charge in [-0.25, -0.2) is 9.97 Å². The minimum Gasteiger partial charge on any atom is -0.368 e. The first-order chi connectivity index (χ1) is 18.6. The Morgan fingerprint density at radius 1 is 1.11 bits per heavy atom. The molecule has 7 rings (SSSR count). The molecule has 8 nitrogen and oxygen atoms in total. The third-order valence-corrected chi connectivity index (χ3v) is 9.02. The van der Waals surface area contributed by atoms with E-state index < -0.39 is 0 Å². The summed E-state index contributed by atoms with van der Waals surface area (Å²) in [6.45, 7) is 5.45. The number of anilines is 3. The summed E-state index contributed by atoms with van der Waals surface area (Å²) in [4.78, 5) is 29.4. The number of thiophene rings is 1. The fourth-order valence-corrected chi connectivity index (χ4v) is 7.11. The number of aryl methyl sites for hydroxylation is 2. The van der Waals surface area contributed by atoms with Crippen molar-refractivity contribution in [2.75, 3.05) is 36.4 Å². The molecule has 1 fully saturated rings. The minimum atomic E-state index is 0.0361. The number of hydrogen-bond acceptors (Lipinski definition) is 7. The fourth-order valence-electron chi connectivity index (χ4n) is 5.84. The van der Waals surface area contributed by atoms with E-state index in [1.165, 1.54) is 21.7 Å². The lowest BCUT2D eigenvalue weighted by Gasteiger charge is -2.38. The first-order valence-corrected chi connectivity index (χ1v) is 14.0. The van der Waals surface area contributed by atoms with Crippen molar-refractivity contribution in [1.29, 1.82) is 0 Å². The number of aromatic amines is 1. The second kappa shape index (κ2) is 9.40. The Balaban J connectivity index is 1.07. The molecule has 0 spiro atoms. The fraction of sp³-hybridized carbons (Fsp3) is 0.310. The third kappa shape index (κ3) is 4.16. The molecular weight excluding hydrogens is 494 g/mol. The number of amides is 1. The maximum atomic E-state index is 13.5. The molecule has 5 aromatic rings. The van der Waals surface area contributed by atoms with Crippen LogP contribution in [-0.4, -0.2) is 57.2 Å². The van der Waals surface area contributed by atoms with Crippen LogP contribution in [-0.2, 0) is 17.6 Å². The molecule has 0 radical (unpaired) electrons. The molecule has 3 aromatic heterocycles. The quantitative estimate of drug-likeness (QED) is 0.342. The van der Waals surface area contributed by atoms with Crippen molar-refractivity contribution in [2.45, 2.75) is 26.2 Å². The van der Waals surface area contributed by atoms with Gasteiger partial charge in [0.2, 0.25) is 5.91 Å². The summed E-state index contributed by atoms with van der Waals surface area (Å²) >= 11 is 1.71. The van der Waals surface area contributed by atoms with E-state index in [1.54, 1.807) is 17.7 Å². The van der Waals surface area contributed by atoms with Crippen LogP contribution in [0.25, 0.3) is 21.1 Å². The zero-order valence-corrected chi connectivity index (χ0v) is 22.1. The highest BCUT2D eigenvalue weighted by molar-refractivity contribution is 7.19. The average molecular weight is 524 g/mol. The summed E-state index contributed by atoms with van der Waals surface area (Å²) in [5, 5.41) is 12.8. The molecule has 1 aliphatic heterocycles. The van der Waals surface area contributed by atoms with Crippen LogP contribution in [0.4, 0.5) is 17.2 Å². The van der Waals surface area contributed by atoms with Crippen molar-refractivity contribution in [2.24, 2.45) is 5.92 Å². The largest absolute Gasteiger partial charge is 0.368 e. The van der Waals surface area contributed by atoms with Crippen LogP contribution in [0.2, 0.25) is 0 Å². The van der Waals surface area contributed by atoms with E-state index in [-0.39, 0.29) is 5.92 Å². The van der Waals surface area contributed by atoms with Gasteiger partial charge in [0.1, 0.15) is 17.0 Å². The van der Waals surface area contributed by atoms with Gasteiger partial charge in [0.05, 0.1) is 17.1 Å². The standard InChI is InChI=1S/C29H29N7OS/c1-18-3-2-4-22(13-18)35-9-11-36(12-10-35)29(37)19-5-7-23-25(15-19)38-28-26(23)27(30-17-31-28)33-21-6-8-24-20(14-21)16-32-34-24/h2-4,6,8,13-14,16-17,19H,5,7,9-12,15H2,1H3,(H,32,34)(H,30,31,33). The lowest BCUT2D eigenvalue weighted by molar-refractivity contribution is -0.136. The molecule has 0 saturated carbocycles. The summed E-state index contributed by atoms with van der Waals surface area (Å²) < 4.78 is 0. The number of carbonyl (C=O) groups excluding carboxylic acids is 1. The van der Waals surface area contributed by atoms with Crippen LogP contribution < -0.4 is 10.2 Å². The molecule has 2 N–H and O–H groups in total. The Morgan fingerprint density at radius 2 is 2.00 bits per heavy atom. The Labute approximate surface area is 224 Å². The van der Waals surface area contributed by atoms with Crippen molar-refractivity contribution in [3.8, 4) is 0 Å². The first kappa shape index (κ1) is 23.2. The maximum absolute atomic E-state index is 13.5. The molecule has 38 heavy (non-hydrogen) atoms. The third-order valence-electron chi connectivity index (χ3n) is 7.86. The van der Waals surface area contributed by atoms with Crippen molar-refractivity contribution < 1.29 is 4.79 Å². The highest BCUT2D eigenvalue weighted by atomic mass is 32.1. The summed E-state index contributed by atoms with van der Waals surface area (Å²) in [5.41, 5.74) is 5.78. The molecule has 1 amide bonds. The van der Waals surface area contributed by atoms with E-state index in [1.807, 2.05) is 18.3 Å². The van der Waals surface area contributed by atoms with Crippen LogP contribution in [0, 0.1) is 12.8 Å². The number of nitrogens with one attached hydrogen (secondary N) is 2. The van der Waals surface area contributed by atoms with Gasteiger partial charge in [-0.05, 0) is 67.6 Å². The normalized spacial score (nSPS) is 17.7. The van der Waals surface area contributed by atoms with E-state index in [2.05, 4.69) is 72.5 Å². The number of fused-ring (bicyclic) bond motifs is 4. The second-order valence-corrected chi connectivity index (χ2v) is 11.4. The van der Waals surface area contributed by atoms with E-state index in [4.69, 9.17) is 0 Å². The van der Waals surface area contributed by atoms with Gasteiger partial charge in [0.15, 0.2) is 0 Å². The molecule has 0 bridgehead atoms. The van der Waals surface area contributed by atoms with E-state index in [0.717, 1.165) is 78.1 Å². The SMILES string of the molecule is Cc1cccc(N2CCN(C(=O)C3CCc4c(sc5ncnc(Nc6ccc7[nH]ncc7c6)c45)C3)CC2)c1. The Morgan fingerprint density at radius 3 is 2.87 bits per heavy atom. The number of aromatic nitrogens is 4. The molecule has 9 heteroatoms. The smallest absolute Gasteiger partial charge is 0.226 e. The summed E-state index contributed by atoms with van der Waals surface area (Å²) in [6.07, 6.45) is 5.97. The predicted octanol–water partition coefficient (Wildman–Crippen LogP) is 5.07.